The van der Waals surface area contributed by atoms with Crippen molar-refractivity contribution in [2.45, 2.75) is 26.7 Å². The molecule has 2 saturated heterocycles. The highest BCUT2D eigenvalue weighted by Crippen LogP contribution is 2.47. The summed E-state index contributed by atoms with van der Waals surface area (Å²) in [5.74, 6) is -2.14. The Bertz CT molecular complexity index is 587. The molecule has 130 valence electrons. The lowest BCUT2D eigenvalue weighted by molar-refractivity contribution is -0.137. The molecule has 0 aliphatic carbocycles. The monoisotopic (exact) mass is 332 g/mol. The lowest BCUT2D eigenvalue weighted by atomic mass is 9.65. The number of carboxylic acids is 1. The smallest absolute Gasteiger partial charge is 0.330 e. The van der Waals surface area contributed by atoms with Gasteiger partial charge >= 0.3 is 5.97 Å². The highest BCUT2D eigenvalue weighted by atomic mass is 16.4. The number of carboxylic acid groups (broad SMARTS) is 1. The van der Waals surface area contributed by atoms with Crippen LogP contribution in [0.4, 0.5) is 0 Å². The topological polar surface area (TPSA) is 77.9 Å². The third kappa shape index (κ3) is 2.88. The van der Waals surface area contributed by atoms with Crippen molar-refractivity contribution in [1.82, 2.24) is 9.80 Å². The van der Waals surface area contributed by atoms with Gasteiger partial charge in [-0.05, 0) is 32.2 Å². The van der Waals surface area contributed by atoms with Crippen molar-refractivity contribution in [3.63, 3.8) is 0 Å². The first-order valence-corrected chi connectivity index (χ1v) is 8.05. The van der Waals surface area contributed by atoms with Crippen molar-refractivity contribution >= 4 is 17.8 Å². The van der Waals surface area contributed by atoms with E-state index in [0.717, 1.165) is 0 Å². The number of nitrogens with zero attached hydrogens (tertiary/aromatic N) is 2. The van der Waals surface area contributed by atoms with Crippen LogP contribution in [-0.4, -0.2) is 45.8 Å². The normalized spacial score (nSPS) is 27.3. The molecule has 2 fully saturated rings. The molecular formula is C18H24N2O4. The summed E-state index contributed by atoms with van der Waals surface area (Å²) in [5.41, 5.74) is -0.709. The van der Waals surface area contributed by atoms with Crippen LogP contribution in [0.3, 0.4) is 0 Å². The van der Waals surface area contributed by atoms with E-state index >= 15 is 0 Å². The van der Waals surface area contributed by atoms with E-state index in [0.29, 0.717) is 25.9 Å². The van der Waals surface area contributed by atoms with E-state index in [9.17, 15) is 19.5 Å². The molecule has 6 heteroatoms. The summed E-state index contributed by atoms with van der Waals surface area (Å²) < 4.78 is 0. The van der Waals surface area contributed by atoms with Crippen molar-refractivity contribution < 1.29 is 19.5 Å². The quantitative estimate of drug-likeness (QED) is 0.755. The first kappa shape index (κ1) is 18.0. The van der Waals surface area contributed by atoms with Crippen LogP contribution in [0, 0.1) is 17.3 Å². The third-order valence-corrected chi connectivity index (χ3v) is 5.29. The van der Waals surface area contributed by atoms with Crippen molar-refractivity contribution in [2.24, 2.45) is 17.3 Å². The van der Waals surface area contributed by atoms with Gasteiger partial charge in [-0.15, -0.1) is 0 Å². The zero-order chi connectivity index (χ0) is 18.1. The number of allylic oxidation sites excluding steroid dienone is 1. The van der Waals surface area contributed by atoms with Gasteiger partial charge in [0.1, 0.15) is 0 Å². The Hall–Kier alpha value is -2.37. The molecule has 2 aliphatic rings. The summed E-state index contributed by atoms with van der Waals surface area (Å²) in [6.07, 6.45) is 5.72. The van der Waals surface area contributed by atoms with Gasteiger partial charge < -0.3 is 14.9 Å². The standard InChI is InChI=1S/C18H24N2O4/c1-5-19-9-7-13(15(19)21)18(4,11-12(3)17(23)24)14-8-10-20(6-2)16(14)22/h5-6,11,13-14H,1-2,7-10H2,3-4H3,(H,23,24). The Balaban J connectivity index is 2.47. The summed E-state index contributed by atoms with van der Waals surface area (Å²) >= 11 is 0. The molecule has 2 heterocycles. The number of rotatable bonds is 6. The summed E-state index contributed by atoms with van der Waals surface area (Å²) in [6, 6.07) is 0. The van der Waals surface area contributed by atoms with E-state index in [1.807, 2.05) is 6.92 Å². The first-order chi connectivity index (χ1) is 11.3. The minimum absolute atomic E-state index is 0.105. The number of carbonyl (C=O) groups is 3. The van der Waals surface area contributed by atoms with Crippen molar-refractivity contribution in [3.05, 3.63) is 37.2 Å². The lowest BCUT2D eigenvalue weighted by Crippen LogP contribution is -2.42. The van der Waals surface area contributed by atoms with Gasteiger partial charge in [0.05, 0.1) is 0 Å². The molecule has 6 nitrogen and oxygen atoms in total. The molecule has 0 spiro atoms. The Labute approximate surface area is 142 Å². The number of hydrogen-bond acceptors (Lipinski definition) is 3. The fourth-order valence-electron chi connectivity index (χ4n) is 3.89. The molecule has 2 rings (SSSR count). The molecule has 0 saturated carbocycles. The zero-order valence-electron chi connectivity index (χ0n) is 14.2. The second-order valence-corrected chi connectivity index (χ2v) is 6.61. The highest BCUT2D eigenvalue weighted by Gasteiger charge is 2.52. The van der Waals surface area contributed by atoms with E-state index in [2.05, 4.69) is 13.2 Å². The van der Waals surface area contributed by atoms with Gasteiger partial charge in [0.25, 0.3) is 0 Å². The van der Waals surface area contributed by atoms with Crippen LogP contribution in [-0.2, 0) is 14.4 Å². The predicted molar refractivity (Wildman–Crippen MR) is 89.5 cm³/mol. The number of hydrogen-bond donors (Lipinski definition) is 1. The maximum absolute atomic E-state index is 12.7. The Morgan fingerprint density at radius 3 is 1.83 bits per heavy atom. The molecule has 1 N–H and O–H groups in total. The molecule has 0 aromatic rings. The molecule has 2 aliphatic heterocycles. The average Bonchev–Trinajstić information content (AvgIpc) is 3.09. The van der Waals surface area contributed by atoms with Crippen LogP contribution in [0.25, 0.3) is 0 Å². The van der Waals surface area contributed by atoms with Crippen LogP contribution >= 0.6 is 0 Å². The molecule has 0 radical (unpaired) electrons. The van der Waals surface area contributed by atoms with Crippen molar-refractivity contribution in [3.8, 4) is 0 Å². The Morgan fingerprint density at radius 1 is 1.12 bits per heavy atom. The molecular weight excluding hydrogens is 308 g/mol. The summed E-state index contributed by atoms with van der Waals surface area (Å²) in [6.45, 7) is 11.7. The zero-order valence-corrected chi connectivity index (χ0v) is 14.2. The SMILES string of the molecule is C=CN1CCC(C(C)(C=C(C)C(=O)O)C2CCN(C=C)C2=O)C1=O. The fraction of sp³-hybridized carbons (Fsp3) is 0.500. The molecule has 2 unspecified atom stereocenters. The molecule has 2 amide bonds. The van der Waals surface area contributed by atoms with E-state index in [1.54, 1.807) is 6.08 Å². The minimum Gasteiger partial charge on any atom is -0.478 e. The maximum Gasteiger partial charge on any atom is 0.330 e. The number of aliphatic carboxylic acids is 1. The van der Waals surface area contributed by atoms with Crippen molar-refractivity contribution in [2.75, 3.05) is 13.1 Å². The van der Waals surface area contributed by atoms with E-state index in [1.165, 1.54) is 29.1 Å². The van der Waals surface area contributed by atoms with E-state index in [4.69, 9.17) is 0 Å². The minimum atomic E-state index is -1.04. The molecule has 24 heavy (non-hydrogen) atoms. The molecule has 2 atom stereocenters. The van der Waals surface area contributed by atoms with Gasteiger partial charge in [-0.25, -0.2) is 4.79 Å². The Kier molecular flexibility index (Phi) is 4.96. The number of carbonyl (C=O) groups excluding carboxylic acids is 2. The van der Waals surface area contributed by atoms with Gasteiger partial charge in [0, 0.05) is 35.9 Å². The molecule has 0 bridgehead atoms. The largest absolute Gasteiger partial charge is 0.478 e. The van der Waals surface area contributed by atoms with Gasteiger partial charge in [-0.3, -0.25) is 9.59 Å². The Morgan fingerprint density at radius 2 is 1.54 bits per heavy atom. The molecule has 0 aromatic heterocycles. The van der Waals surface area contributed by atoms with Crippen LogP contribution in [0.2, 0.25) is 0 Å². The summed E-state index contributed by atoms with van der Waals surface area (Å²) in [7, 11) is 0. The van der Waals surface area contributed by atoms with Gasteiger partial charge in [0.2, 0.25) is 11.8 Å². The second-order valence-electron chi connectivity index (χ2n) is 6.61. The van der Waals surface area contributed by atoms with Crippen LogP contribution in [0.5, 0.6) is 0 Å². The fourth-order valence-corrected chi connectivity index (χ4v) is 3.89. The van der Waals surface area contributed by atoms with Gasteiger partial charge in [-0.1, -0.05) is 26.2 Å². The summed E-state index contributed by atoms with van der Waals surface area (Å²) in [5, 5.41) is 9.27. The van der Waals surface area contributed by atoms with Crippen LogP contribution in [0.15, 0.2) is 37.2 Å². The van der Waals surface area contributed by atoms with Gasteiger partial charge in [0.15, 0.2) is 0 Å². The van der Waals surface area contributed by atoms with E-state index < -0.39 is 23.2 Å². The second kappa shape index (κ2) is 6.63. The number of amides is 2. The third-order valence-electron chi connectivity index (χ3n) is 5.29. The highest BCUT2D eigenvalue weighted by molar-refractivity contribution is 5.89. The van der Waals surface area contributed by atoms with E-state index in [-0.39, 0.29) is 17.4 Å². The lowest BCUT2D eigenvalue weighted by Gasteiger charge is -2.36. The van der Waals surface area contributed by atoms with Crippen LogP contribution in [0.1, 0.15) is 26.7 Å². The molecule has 0 aromatic carbocycles. The predicted octanol–water partition coefficient (Wildman–Crippen LogP) is 2.01. The van der Waals surface area contributed by atoms with Gasteiger partial charge in [-0.2, -0.15) is 0 Å². The average molecular weight is 332 g/mol. The number of likely N-dealkylation sites (tertiary alicyclic amines) is 2. The summed E-state index contributed by atoms with van der Waals surface area (Å²) in [4.78, 5) is 39.8. The van der Waals surface area contributed by atoms with Crippen LogP contribution < -0.4 is 0 Å². The first-order valence-electron chi connectivity index (χ1n) is 8.05. The van der Waals surface area contributed by atoms with Crippen molar-refractivity contribution in [1.29, 1.82) is 0 Å². The maximum atomic E-state index is 12.7.